The monoisotopic (exact) mass is 313 g/mol. The maximum atomic E-state index is 13.4. The Labute approximate surface area is 135 Å². The zero-order valence-corrected chi connectivity index (χ0v) is 12.9. The van der Waals surface area contributed by atoms with Crippen LogP contribution in [-0.2, 0) is 6.42 Å². The van der Waals surface area contributed by atoms with Gasteiger partial charge in [-0.05, 0) is 48.9 Å². The van der Waals surface area contributed by atoms with Gasteiger partial charge in [-0.15, -0.1) is 0 Å². The number of carbonyl (C=O) groups is 1. The molecule has 3 rings (SSSR count). The van der Waals surface area contributed by atoms with Crippen LogP contribution >= 0.6 is 0 Å². The Kier molecular flexibility index (Phi) is 4.60. The predicted octanol–water partition coefficient (Wildman–Crippen LogP) is 3.63. The Balaban J connectivity index is 1.58. The zero-order valence-electron chi connectivity index (χ0n) is 12.9. The van der Waals surface area contributed by atoms with Crippen molar-refractivity contribution >= 4 is 5.91 Å². The number of carbonyl (C=O) groups excluding carboxylic acids is 1. The lowest BCUT2D eigenvalue weighted by atomic mass is 9.90. The molecule has 1 saturated heterocycles. The molecule has 0 saturated carbocycles. The Hall–Kier alpha value is -2.36. The molecule has 1 heterocycles. The smallest absolute Gasteiger partial charge is 0.253 e. The summed E-state index contributed by atoms with van der Waals surface area (Å²) in [6.45, 7) is 1.39. The summed E-state index contributed by atoms with van der Waals surface area (Å²) in [5.74, 6) is -0.766. The van der Waals surface area contributed by atoms with Gasteiger partial charge in [0.1, 0.15) is 0 Å². The molecule has 2 aromatic rings. The standard InChI is InChI=1S/C19H20FNO2/c20-17-13-16(6-7-18(17)22)19(23)21-10-8-15(9-11-21)12-14-4-2-1-3-5-14/h1-7,13,15,22H,8-12H2. The summed E-state index contributed by atoms with van der Waals surface area (Å²) in [7, 11) is 0. The van der Waals surface area contributed by atoms with Gasteiger partial charge in [0.15, 0.2) is 11.6 Å². The number of halogens is 1. The van der Waals surface area contributed by atoms with E-state index in [-0.39, 0.29) is 5.91 Å². The quantitative estimate of drug-likeness (QED) is 0.940. The normalized spacial score (nSPS) is 15.6. The molecule has 0 spiro atoms. The number of phenolic OH excluding ortho intramolecular Hbond substituents is 1. The van der Waals surface area contributed by atoms with Crippen molar-refractivity contribution in [2.24, 2.45) is 5.92 Å². The number of phenols is 1. The molecule has 1 aliphatic heterocycles. The molecule has 2 aromatic carbocycles. The van der Waals surface area contributed by atoms with Gasteiger partial charge < -0.3 is 10.0 Å². The largest absolute Gasteiger partial charge is 0.505 e. The molecule has 4 heteroatoms. The first-order chi connectivity index (χ1) is 11.1. The van der Waals surface area contributed by atoms with E-state index in [2.05, 4.69) is 12.1 Å². The molecule has 23 heavy (non-hydrogen) atoms. The van der Waals surface area contributed by atoms with Crippen LogP contribution in [0.3, 0.4) is 0 Å². The molecule has 0 bridgehead atoms. The van der Waals surface area contributed by atoms with Gasteiger partial charge in [0.25, 0.3) is 5.91 Å². The van der Waals surface area contributed by atoms with E-state index in [0.717, 1.165) is 25.3 Å². The van der Waals surface area contributed by atoms with Crippen LogP contribution in [0, 0.1) is 11.7 Å². The first kappa shape index (κ1) is 15.5. The number of likely N-dealkylation sites (tertiary alicyclic amines) is 1. The van der Waals surface area contributed by atoms with Crippen molar-refractivity contribution in [1.82, 2.24) is 4.90 Å². The third-order valence-corrected chi connectivity index (χ3v) is 4.46. The molecule has 1 aliphatic rings. The first-order valence-corrected chi connectivity index (χ1v) is 7.95. The predicted molar refractivity (Wildman–Crippen MR) is 86.8 cm³/mol. The molecule has 0 aromatic heterocycles. The van der Waals surface area contributed by atoms with Gasteiger partial charge in [-0.3, -0.25) is 4.79 Å². The number of hydrogen-bond donors (Lipinski definition) is 1. The van der Waals surface area contributed by atoms with E-state index in [1.807, 2.05) is 18.2 Å². The van der Waals surface area contributed by atoms with Crippen LogP contribution in [0.25, 0.3) is 0 Å². The summed E-state index contributed by atoms with van der Waals surface area (Å²) in [5, 5.41) is 9.21. The summed E-state index contributed by atoms with van der Waals surface area (Å²) in [6.07, 6.45) is 2.96. The van der Waals surface area contributed by atoms with Crippen LogP contribution in [0.1, 0.15) is 28.8 Å². The van der Waals surface area contributed by atoms with E-state index in [0.29, 0.717) is 24.6 Å². The molecule has 1 N–H and O–H groups in total. The first-order valence-electron chi connectivity index (χ1n) is 7.95. The fourth-order valence-electron chi connectivity index (χ4n) is 3.11. The summed E-state index contributed by atoms with van der Waals surface area (Å²) in [4.78, 5) is 14.2. The molecule has 0 aliphatic carbocycles. The Morgan fingerprint density at radius 2 is 1.83 bits per heavy atom. The van der Waals surface area contributed by atoms with Crippen LogP contribution in [0.15, 0.2) is 48.5 Å². The second-order valence-electron chi connectivity index (χ2n) is 6.09. The van der Waals surface area contributed by atoms with E-state index in [1.165, 1.54) is 17.7 Å². The average Bonchev–Trinajstić information content (AvgIpc) is 2.58. The highest BCUT2D eigenvalue weighted by molar-refractivity contribution is 5.94. The van der Waals surface area contributed by atoms with Crippen molar-refractivity contribution < 1.29 is 14.3 Å². The van der Waals surface area contributed by atoms with Gasteiger partial charge in [0.05, 0.1) is 0 Å². The second-order valence-corrected chi connectivity index (χ2v) is 6.09. The van der Waals surface area contributed by atoms with E-state index < -0.39 is 11.6 Å². The maximum absolute atomic E-state index is 13.4. The third kappa shape index (κ3) is 3.70. The summed E-state index contributed by atoms with van der Waals surface area (Å²) < 4.78 is 13.4. The fourth-order valence-corrected chi connectivity index (χ4v) is 3.11. The maximum Gasteiger partial charge on any atom is 0.253 e. The van der Waals surface area contributed by atoms with Gasteiger partial charge in [-0.25, -0.2) is 4.39 Å². The van der Waals surface area contributed by atoms with Crippen molar-refractivity contribution in [1.29, 1.82) is 0 Å². The van der Waals surface area contributed by atoms with Crippen LogP contribution in [0.2, 0.25) is 0 Å². The molecule has 0 atom stereocenters. The van der Waals surface area contributed by atoms with Crippen molar-refractivity contribution in [2.75, 3.05) is 13.1 Å². The van der Waals surface area contributed by atoms with E-state index in [4.69, 9.17) is 0 Å². The summed E-state index contributed by atoms with van der Waals surface area (Å²) in [5.41, 5.74) is 1.62. The molecule has 1 amide bonds. The summed E-state index contributed by atoms with van der Waals surface area (Å²) >= 11 is 0. The van der Waals surface area contributed by atoms with E-state index in [1.54, 1.807) is 4.90 Å². The van der Waals surface area contributed by atoms with Gasteiger partial charge in [-0.1, -0.05) is 30.3 Å². The number of nitrogens with zero attached hydrogens (tertiary/aromatic N) is 1. The van der Waals surface area contributed by atoms with Crippen molar-refractivity contribution in [3.05, 3.63) is 65.5 Å². The molecular weight excluding hydrogens is 293 g/mol. The van der Waals surface area contributed by atoms with E-state index >= 15 is 0 Å². The summed E-state index contributed by atoms with van der Waals surface area (Å²) in [6, 6.07) is 14.2. The third-order valence-electron chi connectivity index (χ3n) is 4.46. The SMILES string of the molecule is O=C(c1ccc(O)c(F)c1)N1CCC(Cc2ccccc2)CC1. The molecule has 120 valence electrons. The molecule has 0 radical (unpaired) electrons. The van der Waals surface area contributed by atoms with Gasteiger partial charge in [0, 0.05) is 18.7 Å². The number of rotatable bonds is 3. The Morgan fingerprint density at radius 3 is 2.48 bits per heavy atom. The van der Waals surface area contributed by atoms with Crippen molar-refractivity contribution in [3.8, 4) is 5.75 Å². The minimum Gasteiger partial charge on any atom is -0.505 e. The second kappa shape index (κ2) is 6.82. The van der Waals surface area contributed by atoms with Crippen LogP contribution in [0.5, 0.6) is 5.75 Å². The lowest BCUT2D eigenvalue weighted by Crippen LogP contribution is -2.38. The van der Waals surface area contributed by atoms with Gasteiger partial charge >= 0.3 is 0 Å². The topological polar surface area (TPSA) is 40.5 Å². The van der Waals surface area contributed by atoms with Gasteiger partial charge in [0.2, 0.25) is 0 Å². The van der Waals surface area contributed by atoms with Crippen molar-refractivity contribution in [3.63, 3.8) is 0 Å². The Morgan fingerprint density at radius 1 is 1.13 bits per heavy atom. The number of aromatic hydroxyl groups is 1. The highest BCUT2D eigenvalue weighted by Crippen LogP contribution is 2.24. The average molecular weight is 313 g/mol. The fraction of sp³-hybridized carbons (Fsp3) is 0.316. The number of piperidine rings is 1. The molecular formula is C19H20FNO2. The Bertz CT molecular complexity index is 679. The number of benzene rings is 2. The number of amides is 1. The lowest BCUT2D eigenvalue weighted by molar-refractivity contribution is 0.0690. The number of hydrogen-bond acceptors (Lipinski definition) is 2. The van der Waals surface area contributed by atoms with Crippen LogP contribution in [-0.4, -0.2) is 29.0 Å². The molecule has 0 unspecified atom stereocenters. The molecule has 1 fully saturated rings. The minimum absolute atomic E-state index is 0.165. The van der Waals surface area contributed by atoms with E-state index in [9.17, 15) is 14.3 Å². The van der Waals surface area contributed by atoms with Crippen LogP contribution in [0.4, 0.5) is 4.39 Å². The van der Waals surface area contributed by atoms with Crippen molar-refractivity contribution in [2.45, 2.75) is 19.3 Å². The molecule has 3 nitrogen and oxygen atoms in total. The highest BCUT2D eigenvalue weighted by atomic mass is 19.1. The minimum atomic E-state index is -0.755. The van der Waals surface area contributed by atoms with Crippen LogP contribution < -0.4 is 0 Å². The zero-order chi connectivity index (χ0) is 16.2. The highest BCUT2D eigenvalue weighted by Gasteiger charge is 2.24. The van der Waals surface area contributed by atoms with Gasteiger partial charge in [-0.2, -0.15) is 0 Å². The lowest BCUT2D eigenvalue weighted by Gasteiger charge is -2.32.